The number of pyridine rings is 1. The fourth-order valence-corrected chi connectivity index (χ4v) is 1.62. The molecule has 0 bridgehead atoms. The second-order valence-corrected chi connectivity index (χ2v) is 5.26. The van der Waals surface area contributed by atoms with Crippen molar-refractivity contribution in [1.29, 1.82) is 0 Å². The van der Waals surface area contributed by atoms with E-state index in [1.807, 2.05) is 43.4 Å². The van der Waals surface area contributed by atoms with Crippen LogP contribution >= 0.6 is 0 Å². The van der Waals surface area contributed by atoms with Crippen molar-refractivity contribution in [2.24, 2.45) is 5.92 Å². The van der Waals surface area contributed by atoms with E-state index >= 15 is 0 Å². The van der Waals surface area contributed by atoms with Gasteiger partial charge >= 0.3 is 6.03 Å². The van der Waals surface area contributed by atoms with Crippen LogP contribution in [0.4, 0.5) is 4.79 Å². The molecule has 0 aromatic carbocycles. The Kier molecular flexibility index (Phi) is 7.68. The van der Waals surface area contributed by atoms with Crippen molar-refractivity contribution in [3.05, 3.63) is 66.2 Å². The molecule has 0 fully saturated rings. The second-order valence-electron chi connectivity index (χ2n) is 5.26. The molecule has 0 spiro atoms. The highest BCUT2D eigenvalue weighted by Gasteiger charge is 2.02. The Labute approximate surface area is 133 Å². The zero-order chi connectivity index (χ0) is 16.4. The average molecular weight is 299 g/mol. The lowest BCUT2D eigenvalue weighted by Crippen LogP contribution is -2.35. The van der Waals surface area contributed by atoms with Crippen molar-refractivity contribution in [1.82, 2.24) is 15.6 Å². The highest BCUT2D eigenvalue weighted by atomic mass is 16.2. The van der Waals surface area contributed by atoms with E-state index in [0.29, 0.717) is 18.9 Å². The molecule has 1 aromatic heterocycles. The Morgan fingerprint density at radius 3 is 2.73 bits per heavy atom. The van der Waals surface area contributed by atoms with Crippen LogP contribution < -0.4 is 10.6 Å². The second kappa shape index (κ2) is 9.55. The number of carbonyl (C=O) groups excluding carboxylic acids is 1. The number of nitrogens with one attached hydrogen (secondary N) is 2. The van der Waals surface area contributed by atoms with Crippen LogP contribution in [0.25, 0.3) is 0 Å². The van der Waals surface area contributed by atoms with Gasteiger partial charge in [-0.3, -0.25) is 4.98 Å². The minimum absolute atomic E-state index is 0.219. The number of hydrogen-bond acceptors (Lipinski definition) is 2. The highest BCUT2D eigenvalue weighted by Crippen LogP contribution is 2.08. The first-order valence-electron chi connectivity index (χ1n) is 7.51. The number of amides is 2. The Morgan fingerprint density at radius 2 is 2.14 bits per heavy atom. The van der Waals surface area contributed by atoms with E-state index in [1.165, 1.54) is 0 Å². The maximum atomic E-state index is 11.8. The largest absolute Gasteiger partial charge is 0.337 e. The van der Waals surface area contributed by atoms with Crippen molar-refractivity contribution in [2.75, 3.05) is 6.54 Å². The van der Waals surface area contributed by atoms with Gasteiger partial charge in [0.05, 0.1) is 0 Å². The first-order valence-corrected chi connectivity index (χ1v) is 7.51. The normalized spacial score (nSPS) is 11.7. The number of aromatic nitrogens is 1. The summed E-state index contributed by atoms with van der Waals surface area (Å²) in [6.45, 7) is 10.6. The maximum Gasteiger partial charge on any atom is 0.319 e. The van der Waals surface area contributed by atoms with Crippen LogP contribution in [-0.4, -0.2) is 17.6 Å². The third-order valence-corrected chi connectivity index (χ3v) is 3.18. The molecule has 22 heavy (non-hydrogen) atoms. The van der Waals surface area contributed by atoms with Crippen LogP contribution in [0.1, 0.15) is 26.5 Å². The van der Waals surface area contributed by atoms with Gasteiger partial charge < -0.3 is 10.6 Å². The lowest BCUT2D eigenvalue weighted by molar-refractivity contribution is 0.243. The summed E-state index contributed by atoms with van der Waals surface area (Å²) < 4.78 is 0. The van der Waals surface area contributed by atoms with Crippen molar-refractivity contribution >= 4 is 6.03 Å². The van der Waals surface area contributed by atoms with Gasteiger partial charge in [-0.15, -0.1) is 0 Å². The van der Waals surface area contributed by atoms with E-state index in [1.54, 1.807) is 6.20 Å². The van der Waals surface area contributed by atoms with Crippen molar-refractivity contribution < 1.29 is 4.79 Å². The van der Waals surface area contributed by atoms with Crippen LogP contribution in [0.5, 0.6) is 0 Å². The average Bonchev–Trinajstić information content (AvgIpc) is 2.51. The topological polar surface area (TPSA) is 54.0 Å². The molecule has 4 nitrogen and oxygen atoms in total. The monoisotopic (exact) mass is 299 g/mol. The SMILES string of the molecule is C=C(/C=C\C(=C/C)NC(=O)NCCc1ccccn1)C(C)C. The predicted octanol–water partition coefficient (Wildman–Crippen LogP) is 3.60. The summed E-state index contributed by atoms with van der Waals surface area (Å²) in [5, 5.41) is 5.63. The molecule has 0 atom stereocenters. The number of allylic oxidation sites excluding steroid dienone is 4. The summed E-state index contributed by atoms with van der Waals surface area (Å²) >= 11 is 0. The lowest BCUT2D eigenvalue weighted by Gasteiger charge is -2.09. The summed E-state index contributed by atoms with van der Waals surface area (Å²) in [5.41, 5.74) is 2.73. The molecule has 2 amide bonds. The van der Waals surface area contributed by atoms with Crippen LogP contribution in [-0.2, 0) is 6.42 Å². The third-order valence-electron chi connectivity index (χ3n) is 3.18. The molecule has 0 unspecified atom stereocenters. The molecule has 0 aliphatic carbocycles. The van der Waals surface area contributed by atoms with Crippen molar-refractivity contribution in [3.8, 4) is 0 Å². The summed E-state index contributed by atoms with van der Waals surface area (Å²) in [6, 6.07) is 5.53. The Bertz CT molecular complexity index is 545. The highest BCUT2D eigenvalue weighted by molar-refractivity contribution is 5.76. The van der Waals surface area contributed by atoms with Gasteiger partial charge in [0.15, 0.2) is 0 Å². The molecule has 2 N–H and O–H groups in total. The maximum absolute atomic E-state index is 11.8. The molecule has 1 rings (SSSR count). The number of carbonyl (C=O) groups is 1. The first-order chi connectivity index (χ1) is 10.5. The molecule has 0 saturated heterocycles. The van der Waals surface area contributed by atoms with E-state index in [0.717, 1.165) is 17.0 Å². The van der Waals surface area contributed by atoms with Crippen molar-refractivity contribution in [3.63, 3.8) is 0 Å². The van der Waals surface area contributed by atoms with Crippen LogP contribution in [0.15, 0.2) is 60.5 Å². The van der Waals surface area contributed by atoms with Crippen LogP contribution in [0.2, 0.25) is 0 Å². The fraction of sp³-hybridized carbons (Fsp3) is 0.333. The lowest BCUT2D eigenvalue weighted by atomic mass is 10.0. The molecule has 118 valence electrons. The molecule has 0 aliphatic rings. The number of urea groups is 1. The van der Waals surface area contributed by atoms with Gasteiger partial charge in [0.25, 0.3) is 0 Å². The van der Waals surface area contributed by atoms with Gasteiger partial charge in [0, 0.05) is 30.6 Å². The van der Waals surface area contributed by atoms with E-state index < -0.39 is 0 Å². The zero-order valence-electron chi connectivity index (χ0n) is 13.6. The van der Waals surface area contributed by atoms with Crippen molar-refractivity contribution in [2.45, 2.75) is 27.2 Å². The summed E-state index contributed by atoms with van der Waals surface area (Å²) in [5.74, 6) is 0.390. The predicted molar refractivity (Wildman–Crippen MR) is 91.4 cm³/mol. The first kappa shape index (κ1) is 17.7. The summed E-state index contributed by atoms with van der Waals surface area (Å²) in [7, 11) is 0. The standard InChI is InChI=1S/C18H25N3O/c1-5-16(10-9-15(4)14(2)3)21-18(22)20-13-11-17-8-6-7-12-19-17/h5-10,12,14H,4,11,13H2,1-3H3,(H2,20,21,22)/b10-9-,16-5+. The van der Waals surface area contributed by atoms with E-state index in [-0.39, 0.29) is 6.03 Å². The summed E-state index contributed by atoms with van der Waals surface area (Å²) in [4.78, 5) is 16.1. The van der Waals surface area contributed by atoms with E-state index in [9.17, 15) is 4.79 Å². The van der Waals surface area contributed by atoms with Gasteiger partial charge in [0.2, 0.25) is 0 Å². The molecule has 0 saturated carbocycles. The fourth-order valence-electron chi connectivity index (χ4n) is 1.62. The molecule has 0 radical (unpaired) electrons. The quantitative estimate of drug-likeness (QED) is 0.756. The Hall–Kier alpha value is -2.36. The van der Waals surface area contributed by atoms with Gasteiger partial charge in [-0.05, 0) is 31.1 Å². The van der Waals surface area contributed by atoms with Gasteiger partial charge in [-0.1, -0.05) is 44.2 Å². The Balaban J connectivity index is 2.38. The molecule has 4 heteroatoms. The number of hydrogen-bond donors (Lipinski definition) is 2. The van der Waals surface area contributed by atoms with E-state index in [2.05, 4.69) is 36.0 Å². The molecular weight excluding hydrogens is 274 g/mol. The van der Waals surface area contributed by atoms with Gasteiger partial charge in [0.1, 0.15) is 0 Å². The third kappa shape index (κ3) is 6.88. The number of rotatable bonds is 7. The minimum atomic E-state index is -0.219. The Morgan fingerprint density at radius 1 is 1.36 bits per heavy atom. The summed E-state index contributed by atoms with van der Waals surface area (Å²) in [6.07, 6.45) is 8.09. The van der Waals surface area contributed by atoms with Crippen LogP contribution in [0, 0.1) is 5.92 Å². The van der Waals surface area contributed by atoms with Gasteiger partial charge in [-0.25, -0.2) is 4.79 Å². The molecule has 1 aromatic rings. The molecule has 0 aliphatic heterocycles. The van der Waals surface area contributed by atoms with Crippen LogP contribution in [0.3, 0.4) is 0 Å². The minimum Gasteiger partial charge on any atom is -0.337 e. The molecular formula is C18H25N3O. The van der Waals surface area contributed by atoms with Gasteiger partial charge in [-0.2, -0.15) is 0 Å². The molecule has 1 heterocycles. The number of nitrogens with zero attached hydrogens (tertiary/aromatic N) is 1. The smallest absolute Gasteiger partial charge is 0.319 e. The van der Waals surface area contributed by atoms with E-state index in [4.69, 9.17) is 0 Å². The zero-order valence-corrected chi connectivity index (χ0v) is 13.6.